The number of hydrogen-bond donors (Lipinski definition) is 0. The summed E-state index contributed by atoms with van der Waals surface area (Å²) in [5.74, 6) is -0.883. The molecule has 0 aliphatic heterocycles. The fraction of sp³-hybridized carbons (Fsp3) is 0.829. The molecule has 0 radical (unpaired) electrons. The van der Waals surface area contributed by atoms with E-state index in [4.69, 9.17) is 14.2 Å². The second-order valence-electron chi connectivity index (χ2n) is 24.5. The molecule has 0 N–H and O–H groups in total. The summed E-state index contributed by atoms with van der Waals surface area (Å²) < 4.78 is 17.0. The van der Waals surface area contributed by atoms with Crippen molar-refractivity contribution in [1.29, 1.82) is 0 Å². The Hall–Kier alpha value is -2.89. The topological polar surface area (TPSA) is 78.9 Å². The zero-order chi connectivity index (χ0) is 59.2. The highest BCUT2D eigenvalue weighted by molar-refractivity contribution is 5.71. The molecule has 6 heteroatoms. The van der Waals surface area contributed by atoms with E-state index in [0.717, 1.165) is 89.9 Å². The van der Waals surface area contributed by atoms with Gasteiger partial charge in [-0.15, -0.1) is 0 Å². The van der Waals surface area contributed by atoms with E-state index in [9.17, 15) is 14.4 Å². The van der Waals surface area contributed by atoms with Crippen LogP contribution in [0.1, 0.15) is 387 Å². The maximum atomic E-state index is 12.9. The summed E-state index contributed by atoms with van der Waals surface area (Å²) in [5, 5.41) is 0. The predicted octanol–water partition coefficient (Wildman–Crippen LogP) is 25.1. The lowest BCUT2D eigenvalue weighted by molar-refractivity contribution is -0.167. The summed E-state index contributed by atoms with van der Waals surface area (Å²) in [5.41, 5.74) is 0. The van der Waals surface area contributed by atoms with E-state index in [1.165, 1.54) is 257 Å². The number of carbonyl (C=O) groups is 3. The van der Waals surface area contributed by atoms with Crippen LogP contribution in [0.5, 0.6) is 0 Å². The van der Waals surface area contributed by atoms with Gasteiger partial charge in [0.25, 0.3) is 0 Å². The van der Waals surface area contributed by atoms with E-state index in [-0.39, 0.29) is 31.1 Å². The first-order valence-corrected chi connectivity index (χ1v) is 36.3. The molecule has 0 aromatic rings. The van der Waals surface area contributed by atoms with Gasteiger partial charge in [-0.1, -0.05) is 345 Å². The number of rotatable bonds is 67. The number of unbranched alkanes of at least 4 members (excludes halogenated alkanes) is 46. The summed E-state index contributed by atoms with van der Waals surface area (Å²) in [6, 6.07) is 0. The van der Waals surface area contributed by atoms with Gasteiger partial charge in [0.15, 0.2) is 6.10 Å². The molecule has 0 bridgehead atoms. The fourth-order valence-corrected chi connectivity index (χ4v) is 10.8. The second-order valence-corrected chi connectivity index (χ2v) is 24.5. The molecule has 0 amide bonds. The van der Waals surface area contributed by atoms with Crippen molar-refractivity contribution >= 4 is 17.9 Å². The minimum Gasteiger partial charge on any atom is -0.462 e. The Morgan fingerprint density at radius 2 is 0.476 bits per heavy atom. The molecule has 0 rings (SSSR count). The molecule has 0 aliphatic carbocycles. The lowest BCUT2D eigenvalue weighted by Gasteiger charge is -2.18. The van der Waals surface area contributed by atoms with E-state index in [1.807, 2.05) is 0 Å². The van der Waals surface area contributed by atoms with Crippen molar-refractivity contribution in [2.45, 2.75) is 393 Å². The lowest BCUT2D eigenvalue weighted by atomic mass is 10.0. The number of hydrogen-bond acceptors (Lipinski definition) is 6. The molecule has 0 aromatic heterocycles. The molecule has 478 valence electrons. The molecular formula is C76H138O6. The number of allylic oxidation sites excluding steroid dienone is 10. The van der Waals surface area contributed by atoms with Crippen molar-refractivity contribution in [3.63, 3.8) is 0 Å². The molecule has 1 atom stereocenters. The van der Waals surface area contributed by atoms with Crippen LogP contribution in [-0.4, -0.2) is 37.2 Å². The van der Waals surface area contributed by atoms with Gasteiger partial charge in [-0.3, -0.25) is 14.4 Å². The molecule has 0 aromatic carbocycles. The van der Waals surface area contributed by atoms with Crippen LogP contribution < -0.4 is 0 Å². The van der Waals surface area contributed by atoms with Gasteiger partial charge in [-0.25, -0.2) is 0 Å². The van der Waals surface area contributed by atoms with E-state index in [1.54, 1.807) is 0 Å². The van der Waals surface area contributed by atoms with E-state index in [0.29, 0.717) is 19.3 Å². The summed E-state index contributed by atoms with van der Waals surface area (Å²) in [7, 11) is 0. The number of esters is 3. The molecule has 0 saturated carbocycles. The standard InChI is InChI=1S/C76H138O6/c1-4-7-10-13-16-19-22-25-27-29-31-33-34-35-36-37-38-39-40-41-42-43-45-46-48-51-54-57-60-63-66-69-75(78)81-72-73(71-80-74(77)68-65-62-59-56-53-50-24-21-18-15-12-9-6-3)82-76(79)70-67-64-61-58-55-52-49-47-44-32-30-28-26-23-20-17-14-11-8-5-2/h9,12,18,21-22,25,29,31,50,53,73H,4-8,10-11,13-17,19-20,23-24,26-28,30,32-49,51-52,54-72H2,1-3H3/b12-9-,21-18-,25-22-,31-29-,53-50-. The average molecular weight is 1150 g/mol. The Kier molecular flexibility index (Phi) is 68.1. The molecule has 6 nitrogen and oxygen atoms in total. The normalized spacial score (nSPS) is 12.4. The third kappa shape index (κ3) is 67.9. The SMILES string of the molecule is CC/C=C\C/C=C\C/C=C\CCCCCC(=O)OCC(COC(=O)CCCCCCCCCCCCCCCCCCCCC/C=C\C/C=C\CCCCCCC)OC(=O)CCCCCCCCCCCCCCCCCCCCCC. The van der Waals surface area contributed by atoms with Crippen molar-refractivity contribution in [2.75, 3.05) is 13.2 Å². The number of ether oxygens (including phenoxy) is 3. The van der Waals surface area contributed by atoms with Gasteiger partial charge < -0.3 is 14.2 Å². The first-order valence-electron chi connectivity index (χ1n) is 36.3. The fourth-order valence-electron chi connectivity index (χ4n) is 10.8. The van der Waals surface area contributed by atoms with Crippen LogP contribution in [0, 0.1) is 0 Å². The Morgan fingerprint density at radius 3 is 0.756 bits per heavy atom. The van der Waals surface area contributed by atoms with Gasteiger partial charge in [0, 0.05) is 19.3 Å². The average Bonchev–Trinajstić information content (AvgIpc) is 3.47. The van der Waals surface area contributed by atoms with E-state index >= 15 is 0 Å². The van der Waals surface area contributed by atoms with Crippen LogP contribution in [0.25, 0.3) is 0 Å². The summed E-state index contributed by atoms with van der Waals surface area (Å²) in [6.45, 7) is 6.56. The first kappa shape index (κ1) is 79.1. The van der Waals surface area contributed by atoms with Crippen LogP contribution >= 0.6 is 0 Å². The van der Waals surface area contributed by atoms with Crippen molar-refractivity contribution in [3.8, 4) is 0 Å². The van der Waals surface area contributed by atoms with Crippen molar-refractivity contribution < 1.29 is 28.6 Å². The van der Waals surface area contributed by atoms with E-state index in [2.05, 4.69) is 81.5 Å². The Labute approximate surface area is 510 Å². The van der Waals surface area contributed by atoms with Crippen LogP contribution in [0.4, 0.5) is 0 Å². The van der Waals surface area contributed by atoms with Crippen molar-refractivity contribution in [3.05, 3.63) is 60.8 Å². The van der Waals surface area contributed by atoms with Crippen LogP contribution in [0.2, 0.25) is 0 Å². The monoisotopic (exact) mass is 1150 g/mol. The maximum Gasteiger partial charge on any atom is 0.306 e. The highest BCUT2D eigenvalue weighted by Crippen LogP contribution is 2.19. The van der Waals surface area contributed by atoms with Crippen LogP contribution in [0.15, 0.2) is 60.8 Å². The Balaban J connectivity index is 4.17. The highest BCUT2D eigenvalue weighted by atomic mass is 16.6. The molecular weight excluding hydrogens is 1010 g/mol. The van der Waals surface area contributed by atoms with Crippen molar-refractivity contribution in [1.82, 2.24) is 0 Å². The molecule has 0 spiro atoms. The molecule has 1 unspecified atom stereocenters. The third-order valence-electron chi connectivity index (χ3n) is 16.3. The Bertz CT molecular complexity index is 1460. The van der Waals surface area contributed by atoms with Gasteiger partial charge in [-0.05, 0) is 83.5 Å². The molecule has 0 saturated heterocycles. The predicted molar refractivity (Wildman–Crippen MR) is 358 cm³/mol. The quantitative estimate of drug-likeness (QED) is 0.0261. The Morgan fingerprint density at radius 1 is 0.256 bits per heavy atom. The maximum absolute atomic E-state index is 12.9. The summed E-state index contributed by atoms with van der Waals surface area (Å²) in [4.78, 5) is 38.4. The second kappa shape index (κ2) is 70.6. The highest BCUT2D eigenvalue weighted by Gasteiger charge is 2.19. The van der Waals surface area contributed by atoms with Gasteiger partial charge in [0.1, 0.15) is 13.2 Å². The molecule has 82 heavy (non-hydrogen) atoms. The summed E-state index contributed by atoms with van der Waals surface area (Å²) in [6.07, 6.45) is 91.3. The van der Waals surface area contributed by atoms with Gasteiger partial charge in [0.2, 0.25) is 0 Å². The van der Waals surface area contributed by atoms with E-state index < -0.39 is 6.10 Å². The minimum absolute atomic E-state index is 0.0785. The first-order chi connectivity index (χ1) is 40.5. The van der Waals surface area contributed by atoms with Crippen LogP contribution in [-0.2, 0) is 28.6 Å². The smallest absolute Gasteiger partial charge is 0.306 e. The third-order valence-corrected chi connectivity index (χ3v) is 16.3. The molecule has 0 heterocycles. The zero-order valence-corrected chi connectivity index (χ0v) is 55.0. The van der Waals surface area contributed by atoms with Gasteiger partial charge in [0.05, 0.1) is 0 Å². The largest absolute Gasteiger partial charge is 0.462 e. The lowest BCUT2D eigenvalue weighted by Crippen LogP contribution is -2.30. The number of carbonyl (C=O) groups excluding carboxylic acids is 3. The van der Waals surface area contributed by atoms with Crippen molar-refractivity contribution in [2.24, 2.45) is 0 Å². The van der Waals surface area contributed by atoms with Gasteiger partial charge in [-0.2, -0.15) is 0 Å². The van der Waals surface area contributed by atoms with Gasteiger partial charge >= 0.3 is 17.9 Å². The molecule has 0 fully saturated rings. The summed E-state index contributed by atoms with van der Waals surface area (Å²) >= 11 is 0. The minimum atomic E-state index is -0.784. The zero-order valence-electron chi connectivity index (χ0n) is 55.0. The molecule has 0 aliphatic rings. The van der Waals surface area contributed by atoms with Crippen LogP contribution in [0.3, 0.4) is 0 Å².